The molecule has 1 amide bonds. The number of aryl methyl sites for hydroxylation is 3. The van der Waals surface area contributed by atoms with Crippen LogP contribution in [-0.2, 0) is 6.42 Å². The molecule has 0 saturated carbocycles. The summed E-state index contributed by atoms with van der Waals surface area (Å²) in [6, 6.07) is 3.31. The molecule has 7 heteroatoms. The van der Waals surface area contributed by atoms with E-state index in [0.717, 1.165) is 0 Å². The van der Waals surface area contributed by atoms with Crippen molar-refractivity contribution in [3.8, 4) is 0 Å². The number of hydrogen-bond donors (Lipinski definition) is 1. The van der Waals surface area contributed by atoms with Gasteiger partial charge in [0.15, 0.2) is 0 Å². The summed E-state index contributed by atoms with van der Waals surface area (Å²) >= 11 is 5.84. The molecular weight excluding hydrogens is 278 g/mol. The van der Waals surface area contributed by atoms with Crippen molar-refractivity contribution in [3.05, 3.63) is 39.9 Å². The van der Waals surface area contributed by atoms with E-state index in [4.69, 9.17) is 11.6 Å². The number of carbonyl (C=O) groups excluding carboxylic acids is 1. The van der Waals surface area contributed by atoms with Crippen molar-refractivity contribution >= 4 is 23.5 Å². The van der Waals surface area contributed by atoms with Gasteiger partial charge in [-0.2, -0.15) is 10.2 Å². The van der Waals surface area contributed by atoms with E-state index >= 15 is 0 Å². The molecular formula is C13H14ClN5O. The minimum absolute atomic E-state index is 0.177. The fraction of sp³-hybridized carbons (Fsp3) is 0.308. The lowest BCUT2D eigenvalue weighted by Crippen LogP contribution is -2.18. The molecule has 1 N–H and O–H groups in total. The third kappa shape index (κ3) is 3.27. The van der Waals surface area contributed by atoms with E-state index in [-0.39, 0.29) is 17.0 Å². The fourth-order valence-electron chi connectivity index (χ4n) is 1.73. The second kappa shape index (κ2) is 5.92. The standard InChI is InChI=1S/C13H14ClN5O/c1-4-10-9(5-8(3)18-19-10)12(20)17-13-15-7(2)6-11(14)16-13/h5-6H,4H2,1-3H3,(H,15,16,17,20). The predicted molar refractivity (Wildman–Crippen MR) is 75.9 cm³/mol. The SMILES string of the molecule is CCc1nnc(C)cc1C(=O)Nc1nc(C)cc(Cl)n1. The normalized spacial score (nSPS) is 10.4. The van der Waals surface area contributed by atoms with E-state index in [0.29, 0.717) is 29.1 Å². The Bertz CT molecular complexity index is 639. The Balaban J connectivity index is 2.30. The number of anilines is 1. The van der Waals surface area contributed by atoms with E-state index in [2.05, 4.69) is 25.5 Å². The molecule has 2 aromatic heterocycles. The summed E-state index contributed by atoms with van der Waals surface area (Å²) in [6.45, 7) is 5.47. The van der Waals surface area contributed by atoms with Crippen molar-refractivity contribution < 1.29 is 4.79 Å². The number of nitrogens with zero attached hydrogens (tertiary/aromatic N) is 4. The number of rotatable bonds is 3. The van der Waals surface area contributed by atoms with Gasteiger partial charge in [0, 0.05) is 5.69 Å². The van der Waals surface area contributed by atoms with Crippen LogP contribution in [0.25, 0.3) is 0 Å². The zero-order valence-corrected chi connectivity index (χ0v) is 12.2. The number of carbonyl (C=O) groups is 1. The Labute approximate surface area is 121 Å². The minimum atomic E-state index is -0.318. The first kappa shape index (κ1) is 14.3. The van der Waals surface area contributed by atoms with Gasteiger partial charge >= 0.3 is 0 Å². The van der Waals surface area contributed by atoms with Gasteiger partial charge in [-0.3, -0.25) is 10.1 Å². The highest BCUT2D eigenvalue weighted by molar-refractivity contribution is 6.29. The molecule has 0 saturated heterocycles. The average molecular weight is 292 g/mol. The molecule has 2 heterocycles. The molecule has 0 aromatic carbocycles. The summed E-state index contributed by atoms with van der Waals surface area (Å²) in [6.07, 6.45) is 0.617. The maximum absolute atomic E-state index is 12.3. The van der Waals surface area contributed by atoms with Crippen LogP contribution >= 0.6 is 11.6 Å². The predicted octanol–water partition coefficient (Wildman–Crippen LogP) is 2.35. The maximum atomic E-state index is 12.3. The molecule has 0 unspecified atom stereocenters. The highest BCUT2D eigenvalue weighted by Gasteiger charge is 2.14. The van der Waals surface area contributed by atoms with Gasteiger partial charge < -0.3 is 0 Å². The summed E-state index contributed by atoms with van der Waals surface area (Å²) in [5, 5.41) is 10.9. The average Bonchev–Trinajstić information content (AvgIpc) is 2.37. The Morgan fingerprint density at radius 3 is 2.60 bits per heavy atom. The van der Waals surface area contributed by atoms with Crippen molar-refractivity contribution in [2.24, 2.45) is 0 Å². The molecule has 0 bridgehead atoms. The molecule has 0 aliphatic heterocycles. The maximum Gasteiger partial charge on any atom is 0.260 e. The van der Waals surface area contributed by atoms with Gasteiger partial charge in [-0.1, -0.05) is 18.5 Å². The molecule has 0 atom stereocenters. The molecule has 0 spiro atoms. The largest absolute Gasteiger partial charge is 0.290 e. The Morgan fingerprint density at radius 1 is 1.20 bits per heavy atom. The van der Waals surface area contributed by atoms with E-state index in [9.17, 15) is 4.79 Å². The smallest absolute Gasteiger partial charge is 0.260 e. The van der Waals surface area contributed by atoms with E-state index < -0.39 is 0 Å². The summed E-state index contributed by atoms with van der Waals surface area (Å²) in [4.78, 5) is 20.3. The van der Waals surface area contributed by atoms with Crippen LogP contribution in [0.5, 0.6) is 0 Å². The van der Waals surface area contributed by atoms with Crippen LogP contribution < -0.4 is 5.32 Å². The molecule has 20 heavy (non-hydrogen) atoms. The van der Waals surface area contributed by atoms with Gasteiger partial charge in [-0.05, 0) is 32.4 Å². The van der Waals surface area contributed by atoms with Crippen LogP contribution in [0, 0.1) is 13.8 Å². The van der Waals surface area contributed by atoms with Gasteiger partial charge in [0.2, 0.25) is 5.95 Å². The molecule has 2 aromatic rings. The van der Waals surface area contributed by atoms with Crippen LogP contribution in [-0.4, -0.2) is 26.1 Å². The van der Waals surface area contributed by atoms with Crippen LogP contribution in [0.2, 0.25) is 5.15 Å². The summed E-state index contributed by atoms with van der Waals surface area (Å²) in [5.41, 5.74) is 2.46. The lowest BCUT2D eigenvalue weighted by atomic mass is 10.1. The van der Waals surface area contributed by atoms with Gasteiger partial charge in [0.25, 0.3) is 5.91 Å². The van der Waals surface area contributed by atoms with Crippen LogP contribution in [0.1, 0.15) is 34.4 Å². The Morgan fingerprint density at radius 2 is 1.95 bits per heavy atom. The highest BCUT2D eigenvalue weighted by atomic mass is 35.5. The molecule has 104 valence electrons. The summed E-state index contributed by atoms with van der Waals surface area (Å²) in [7, 11) is 0. The molecule has 0 aliphatic rings. The van der Waals surface area contributed by atoms with Crippen LogP contribution in [0.4, 0.5) is 5.95 Å². The molecule has 0 aliphatic carbocycles. The van der Waals surface area contributed by atoms with Crippen molar-refractivity contribution in [2.75, 3.05) is 5.32 Å². The molecule has 0 radical (unpaired) electrons. The quantitative estimate of drug-likeness (QED) is 0.878. The highest BCUT2D eigenvalue weighted by Crippen LogP contribution is 2.13. The van der Waals surface area contributed by atoms with Gasteiger partial charge in [0.1, 0.15) is 5.15 Å². The first-order valence-electron chi connectivity index (χ1n) is 6.15. The number of aromatic nitrogens is 4. The van der Waals surface area contributed by atoms with Crippen molar-refractivity contribution in [1.82, 2.24) is 20.2 Å². The zero-order chi connectivity index (χ0) is 14.7. The third-order valence-electron chi connectivity index (χ3n) is 2.62. The van der Waals surface area contributed by atoms with Crippen molar-refractivity contribution in [1.29, 1.82) is 0 Å². The Hall–Kier alpha value is -2.08. The van der Waals surface area contributed by atoms with Gasteiger partial charge in [-0.25, -0.2) is 9.97 Å². The summed E-state index contributed by atoms with van der Waals surface area (Å²) < 4.78 is 0. The third-order valence-corrected chi connectivity index (χ3v) is 2.81. The number of nitrogens with one attached hydrogen (secondary N) is 1. The molecule has 2 rings (SSSR count). The van der Waals surface area contributed by atoms with E-state index in [1.165, 1.54) is 0 Å². The Kier molecular flexibility index (Phi) is 4.24. The first-order valence-corrected chi connectivity index (χ1v) is 6.53. The molecule has 6 nitrogen and oxygen atoms in total. The van der Waals surface area contributed by atoms with Crippen molar-refractivity contribution in [2.45, 2.75) is 27.2 Å². The monoisotopic (exact) mass is 291 g/mol. The first-order chi connectivity index (χ1) is 9.49. The van der Waals surface area contributed by atoms with E-state index in [1.807, 2.05) is 6.92 Å². The zero-order valence-electron chi connectivity index (χ0n) is 11.4. The lowest BCUT2D eigenvalue weighted by Gasteiger charge is -2.08. The lowest BCUT2D eigenvalue weighted by molar-refractivity contribution is 0.102. The summed E-state index contributed by atoms with van der Waals surface area (Å²) in [5.74, 6) is -0.141. The topological polar surface area (TPSA) is 80.7 Å². The molecule has 0 fully saturated rings. The van der Waals surface area contributed by atoms with Gasteiger partial charge in [0.05, 0.1) is 17.0 Å². The minimum Gasteiger partial charge on any atom is -0.290 e. The number of hydrogen-bond acceptors (Lipinski definition) is 5. The second-order valence-electron chi connectivity index (χ2n) is 4.31. The van der Waals surface area contributed by atoms with Crippen LogP contribution in [0.15, 0.2) is 12.1 Å². The second-order valence-corrected chi connectivity index (χ2v) is 4.70. The number of halogens is 1. The van der Waals surface area contributed by atoms with Crippen LogP contribution in [0.3, 0.4) is 0 Å². The van der Waals surface area contributed by atoms with E-state index in [1.54, 1.807) is 26.0 Å². The van der Waals surface area contributed by atoms with Gasteiger partial charge in [-0.15, -0.1) is 0 Å². The van der Waals surface area contributed by atoms with Crippen molar-refractivity contribution in [3.63, 3.8) is 0 Å². The number of amides is 1. The fourth-order valence-corrected chi connectivity index (χ4v) is 1.96.